The molecule has 1 aliphatic heterocycles. The van der Waals surface area contributed by atoms with Crippen LogP contribution in [0.25, 0.3) is 0 Å². The van der Waals surface area contributed by atoms with E-state index in [9.17, 15) is 18.6 Å². The van der Waals surface area contributed by atoms with Crippen molar-refractivity contribution in [1.29, 1.82) is 0 Å². The van der Waals surface area contributed by atoms with Crippen LogP contribution in [0.5, 0.6) is 0 Å². The third kappa shape index (κ3) is 2.74. The molecular formula is C14H16N2O5S. The second kappa shape index (κ2) is 5.88. The van der Waals surface area contributed by atoms with Crippen LogP contribution >= 0.6 is 0 Å². The number of carbonyl (C=O) groups excluding carboxylic acids is 2. The van der Waals surface area contributed by atoms with E-state index in [-0.39, 0.29) is 17.2 Å². The topological polar surface area (TPSA) is 118 Å². The summed E-state index contributed by atoms with van der Waals surface area (Å²) in [6, 6.07) is 5.85. The van der Waals surface area contributed by atoms with Gasteiger partial charge in [-0.15, -0.1) is 0 Å². The Labute approximate surface area is 129 Å². The smallest absolute Gasteiger partial charge is 0.335 e. The third-order valence-electron chi connectivity index (χ3n) is 3.76. The molecule has 1 aromatic rings. The molecule has 2 amide bonds. The molecule has 8 heteroatoms. The van der Waals surface area contributed by atoms with Crippen molar-refractivity contribution in [2.24, 2.45) is 5.73 Å². The molecule has 1 aromatic carbocycles. The number of carboxylic acid groups (broad SMARTS) is 1. The van der Waals surface area contributed by atoms with E-state index in [4.69, 9.17) is 10.8 Å². The van der Waals surface area contributed by atoms with E-state index in [0.29, 0.717) is 18.5 Å². The molecule has 118 valence electrons. The van der Waals surface area contributed by atoms with Crippen molar-refractivity contribution in [3.63, 3.8) is 0 Å². The van der Waals surface area contributed by atoms with Crippen LogP contribution in [0.15, 0.2) is 24.3 Å². The summed E-state index contributed by atoms with van der Waals surface area (Å²) in [6.45, 7) is 1.75. The normalized spacial score (nSPS) is 18.2. The molecule has 0 radical (unpaired) electrons. The zero-order chi connectivity index (χ0) is 16.5. The number of likely N-dealkylation sites (tertiary alicyclic amines) is 1. The van der Waals surface area contributed by atoms with Crippen molar-refractivity contribution >= 4 is 28.6 Å². The number of carboxylic acids is 1. The fraction of sp³-hybridized carbons (Fsp3) is 0.357. The van der Waals surface area contributed by atoms with E-state index in [0.717, 1.165) is 0 Å². The van der Waals surface area contributed by atoms with Crippen molar-refractivity contribution in [2.75, 3.05) is 6.54 Å². The Morgan fingerprint density at radius 3 is 2.32 bits per heavy atom. The molecule has 2 unspecified atom stereocenters. The van der Waals surface area contributed by atoms with E-state index >= 15 is 0 Å². The molecule has 0 spiro atoms. The van der Waals surface area contributed by atoms with Gasteiger partial charge in [-0.05, 0) is 24.6 Å². The van der Waals surface area contributed by atoms with Crippen molar-refractivity contribution < 1.29 is 23.7 Å². The lowest BCUT2D eigenvalue weighted by molar-refractivity contribution is -0.149. The Bertz CT molecular complexity index is 658. The van der Waals surface area contributed by atoms with Crippen LogP contribution in [-0.4, -0.2) is 43.4 Å². The molecule has 1 fully saturated rings. The standard InChI is InChI=1S/C14H16N2O5S/c1-14(13(15)20,16-7-6-11(16)17)22(21)8-9-2-4-10(5-3-9)12(18)19/h2-5H,6-8H2,1H3,(H2,15,20)(H,18,19). The minimum atomic E-state index is -1.74. The minimum absolute atomic E-state index is 0.00309. The number of amides is 2. The van der Waals surface area contributed by atoms with E-state index in [1.807, 2.05) is 0 Å². The Morgan fingerprint density at radius 2 is 1.95 bits per heavy atom. The van der Waals surface area contributed by atoms with Crippen LogP contribution in [0, 0.1) is 0 Å². The maximum atomic E-state index is 12.6. The number of aromatic carboxylic acids is 1. The first kappa shape index (κ1) is 16.2. The highest BCUT2D eigenvalue weighted by atomic mass is 32.2. The number of hydrogen-bond donors (Lipinski definition) is 2. The second-order valence-corrected chi connectivity index (χ2v) is 6.91. The zero-order valence-electron chi connectivity index (χ0n) is 11.9. The molecule has 2 atom stereocenters. The van der Waals surface area contributed by atoms with Gasteiger partial charge in [-0.2, -0.15) is 0 Å². The molecule has 1 aliphatic rings. The van der Waals surface area contributed by atoms with Crippen molar-refractivity contribution in [2.45, 2.75) is 24.0 Å². The van der Waals surface area contributed by atoms with Gasteiger partial charge in [0.15, 0.2) is 4.87 Å². The van der Waals surface area contributed by atoms with E-state index < -0.39 is 27.5 Å². The van der Waals surface area contributed by atoms with Crippen molar-refractivity contribution in [3.8, 4) is 0 Å². The summed E-state index contributed by atoms with van der Waals surface area (Å²) in [5, 5.41) is 8.84. The molecule has 0 aromatic heterocycles. The highest BCUT2D eigenvalue weighted by molar-refractivity contribution is 7.86. The van der Waals surface area contributed by atoms with Crippen LogP contribution < -0.4 is 5.73 Å². The van der Waals surface area contributed by atoms with Crippen LogP contribution in [0.2, 0.25) is 0 Å². The lowest BCUT2D eigenvalue weighted by Crippen LogP contribution is -2.65. The summed E-state index contributed by atoms with van der Waals surface area (Å²) >= 11 is 0. The molecule has 22 heavy (non-hydrogen) atoms. The fourth-order valence-electron chi connectivity index (χ4n) is 2.17. The first-order valence-corrected chi connectivity index (χ1v) is 7.89. The summed E-state index contributed by atoms with van der Waals surface area (Å²) in [5.74, 6) is -2.12. The molecule has 1 saturated heterocycles. The van der Waals surface area contributed by atoms with Gasteiger partial charge in [-0.25, -0.2) is 4.79 Å². The van der Waals surface area contributed by atoms with Crippen molar-refractivity contribution in [3.05, 3.63) is 35.4 Å². The lowest BCUT2D eigenvalue weighted by atomic mass is 10.1. The first-order chi connectivity index (χ1) is 10.3. The number of nitrogens with zero attached hydrogens (tertiary/aromatic N) is 1. The van der Waals surface area contributed by atoms with Crippen molar-refractivity contribution in [1.82, 2.24) is 4.90 Å². The van der Waals surface area contributed by atoms with Gasteiger partial charge in [0.25, 0.3) is 5.91 Å². The molecule has 3 N–H and O–H groups in total. The molecule has 2 rings (SSSR count). The lowest BCUT2D eigenvalue weighted by Gasteiger charge is -2.43. The minimum Gasteiger partial charge on any atom is -0.478 e. The second-order valence-electron chi connectivity index (χ2n) is 5.13. The number of nitrogens with two attached hydrogens (primary N) is 1. The Balaban J connectivity index is 2.20. The van der Waals surface area contributed by atoms with Gasteiger partial charge in [0, 0.05) is 13.0 Å². The summed E-state index contributed by atoms with van der Waals surface area (Å²) in [4.78, 5) is 33.8. The molecule has 0 saturated carbocycles. The number of benzene rings is 1. The molecule has 7 nitrogen and oxygen atoms in total. The largest absolute Gasteiger partial charge is 0.478 e. The Hall–Kier alpha value is -2.22. The first-order valence-electron chi connectivity index (χ1n) is 6.58. The van der Waals surface area contributed by atoms with Gasteiger partial charge in [0.2, 0.25) is 5.91 Å². The van der Waals surface area contributed by atoms with E-state index in [1.165, 1.54) is 36.1 Å². The van der Waals surface area contributed by atoms with E-state index in [1.54, 1.807) is 0 Å². The molecule has 0 bridgehead atoms. The number of β-lactam (4-membered cyclic amide) rings is 1. The number of hydrogen-bond acceptors (Lipinski definition) is 4. The van der Waals surface area contributed by atoms with Gasteiger partial charge < -0.3 is 15.7 Å². The number of rotatable bonds is 6. The van der Waals surface area contributed by atoms with Gasteiger partial charge in [0.05, 0.1) is 22.1 Å². The molecule has 1 heterocycles. The fourth-order valence-corrected chi connectivity index (χ4v) is 3.61. The summed E-state index contributed by atoms with van der Waals surface area (Å²) in [5.41, 5.74) is 6.07. The van der Waals surface area contributed by atoms with E-state index in [2.05, 4.69) is 0 Å². The average molecular weight is 324 g/mol. The number of primary amides is 1. The third-order valence-corrected chi connectivity index (χ3v) is 5.67. The Kier molecular flexibility index (Phi) is 4.32. The highest BCUT2D eigenvalue weighted by Crippen LogP contribution is 2.28. The van der Waals surface area contributed by atoms with Crippen LogP contribution in [0.4, 0.5) is 0 Å². The van der Waals surface area contributed by atoms with Crippen LogP contribution in [0.3, 0.4) is 0 Å². The Morgan fingerprint density at radius 1 is 1.36 bits per heavy atom. The summed E-state index contributed by atoms with van der Waals surface area (Å²) in [7, 11) is -1.74. The maximum absolute atomic E-state index is 12.6. The van der Waals surface area contributed by atoms with Gasteiger partial charge in [-0.3, -0.25) is 13.8 Å². The zero-order valence-corrected chi connectivity index (χ0v) is 12.8. The maximum Gasteiger partial charge on any atom is 0.335 e. The monoisotopic (exact) mass is 324 g/mol. The van der Waals surface area contributed by atoms with Gasteiger partial charge in [0.1, 0.15) is 0 Å². The van der Waals surface area contributed by atoms with Crippen LogP contribution in [-0.2, 0) is 26.1 Å². The predicted molar refractivity (Wildman–Crippen MR) is 79.2 cm³/mol. The summed E-state index contributed by atoms with van der Waals surface area (Å²) in [6.07, 6.45) is 0.313. The van der Waals surface area contributed by atoms with Crippen LogP contribution in [0.1, 0.15) is 29.3 Å². The predicted octanol–water partition coefficient (Wildman–Crippen LogP) is 0.0673. The highest BCUT2D eigenvalue weighted by Gasteiger charge is 2.49. The SMILES string of the molecule is CC(C(N)=O)(N1CCC1=O)S(=O)Cc1ccc(C(=O)O)cc1. The average Bonchev–Trinajstić information content (AvgIpc) is 2.45. The quantitative estimate of drug-likeness (QED) is 0.718. The molecular weight excluding hydrogens is 308 g/mol. The van der Waals surface area contributed by atoms with Gasteiger partial charge in [-0.1, -0.05) is 12.1 Å². The van der Waals surface area contributed by atoms with Gasteiger partial charge >= 0.3 is 5.97 Å². The molecule has 0 aliphatic carbocycles. The summed E-state index contributed by atoms with van der Waals surface area (Å²) < 4.78 is 12.6. The number of carbonyl (C=O) groups is 3.